The molecule has 0 saturated carbocycles. The van der Waals surface area contributed by atoms with Crippen LogP contribution in [0.5, 0.6) is 0 Å². The standard InChI is InChI=1S/C19H22FN5O2/c20-18-14(13-26)3-1-4-17(18)15-9-21-19(22-10-15)25-11-16(12-25)23-27-8-7-24-5-2-6-24/h1,3-4,9-10,26H,2,5-8,11-13H2. The lowest BCUT2D eigenvalue weighted by Crippen LogP contribution is -2.48. The molecule has 0 spiro atoms. The van der Waals surface area contributed by atoms with E-state index in [0.717, 1.165) is 25.3 Å². The van der Waals surface area contributed by atoms with Crippen molar-refractivity contribution in [2.24, 2.45) is 5.16 Å². The van der Waals surface area contributed by atoms with Gasteiger partial charge < -0.3 is 14.8 Å². The summed E-state index contributed by atoms with van der Waals surface area (Å²) < 4.78 is 14.3. The molecule has 142 valence electrons. The van der Waals surface area contributed by atoms with Crippen molar-refractivity contribution >= 4 is 11.7 Å². The second-order valence-electron chi connectivity index (χ2n) is 6.75. The average molecular weight is 371 g/mol. The third-order valence-electron chi connectivity index (χ3n) is 4.87. The minimum Gasteiger partial charge on any atom is -0.394 e. The number of aliphatic hydroxyl groups is 1. The Morgan fingerprint density at radius 2 is 1.96 bits per heavy atom. The van der Waals surface area contributed by atoms with Gasteiger partial charge in [-0.05, 0) is 19.5 Å². The van der Waals surface area contributed by atoms with Crippen molar-refractivity contribution in [2.45, 2.75) is 13.0 Å². The van der Waals surface area contributed by atoms with Crippen LogP contribution in [0.1, 0.15) is 12.0 Å². The lowest BCUT2D eigenvalue weighted by Gasteiger charge is -2.32. The van der Waals surface area contributed by atoms with E-state index in [9.17, 15) is 9.50 Å². The van der Waals surface area contributed by atoms with Crippen molar-refractivity contribution in [3.05, 3.63) is 42.0 Å². The number of benzene rings is 1. The van der Waals surface area contributed by atoms with E-state index in [-0.39, 0.29) is 12.2 Å². The predicted molar refractivity (Wildman–Crippen MR) is 100 cm³/mol. The summed E-state index contributed by atoms with van der Waals surface area (Å²) in [6.07, 6.45) is 4.48. The van der Waals surface area contributed by atoms with Crippen LogP contribution in [-0.2, 0) is 11.4 Å². The second kappa shape index (κ2) is 7.98. The Balaban J connectivity index is 1.31. The normalized spacial score (nSPS) is 16.7. The van der Waals surface area contributed by atoms with Gasteiger partial charge in [-0.2, -0.15) is 0 Å². The molecular formula is C19H22FN5O2. The van der Waals surface area contributed by atoms with E-state index in [1.807, 2.05) is 4.90 Å². The van der Waals surface area contributed by atoms with Gasteiger partial charge in [0.2, 0.25) is 5.95 Å². The molecule has 2 aliphatic rings. The first-order valence-electron chi connectivity index (χ1n) is 9.10. The van der Waals surface area contributed by atoms with Crippen molar-refractivity contribution in [2.75, 3.05) is 44.2 Å². The van der Waals surface area contributed by atoms with Crippen LogP contribution in [0.3, 0.4) is 0 Å². The molecule has 2 aromatic rings. The highest BCUT2D eigenvalue weighted by Crippen LogP contribution is 2.25. The maximum Gasteiger partial charge on any atom is 0.225 e. The largest absolute Gasteiger partial charge is 0.394 e. The van der Waals surface area contributed by atoms with E-state index < -0.39 is 5.82 Å². The van der Waals surface area contributed by atoms with Crippen LogP contribution >= 0.6 is 0 Å². The molecule has 0 radical (unpaired) electrons. The van der Waals surface area contributed by atoms with Gasteiger partial charge in [0.05, 0.1) is 25.4 Å². The molecule has 1 N–H and O–H groups in total. The number of anilines is 1. The topological polar surface area (TPSA) is 74.1 Å². The van der Waals surface area contributed by atoms with E-state index in [1.54, 1.807) is 30.6 Å². The summed E-state index contributed by atoms with van der Waals surface area (Å²) in [6, 6.07) is 4.91. The zero-order valence-electron chi connectivity index (χ0n) is 15.0. The maximum atomic E-state index is 14.3. The van der Waals surface area contributed by atoms with Crippen LogP contribution in [-0.4, -0.2) is 65.0 Å². The third kappa shape index (κ3) is 3.91. The zero-order chi connectivity index (χ0) is 18.6. The van der Waals surface area contributed by atoms with Crippen molar-refractivity contribution in [3.8, 4) is 11.1 Å². The fourth-order valence-corrected chi connectivity index (χ4v) is 3.05. The Hall–Kier alpha value is -2.58. The van der Waals surface area contributed by atoms with Gasteiger partial charge in [-0.25, -0.2) is 14.4 Å². The summed E-state index contributed by atoms with van der Waals surface area (Å²) in [5.74, 6) is 0.141. The van der Waals surface area contributed by atoms with Crippen molar-refractivity contribution in [3.63, 3.8) is 0 Å². The third-order valence-corrected chi connectivity index (χ3v) is 4.87. The van der Waals surface area contributed by atoms with E-state index in [1.165, 1.54) is 6.42 Å². The Morgan fingerprint density at radius 3 is 2.63 bits per heavy atom. The van der Waals surface area contributed by atoms with E-state index in [4.69, 9.17) is 4.84 Å². The smallest absolute Gasteiger partial charge is 0.225 e. The lowest BCUT2D eigenvalue weighted by atomic mass is 10.1. The predicted octanol–water partition coefficient (Wildman–Crippen LogP) is 1.67. The summed E-state index contributed by atoms with van der Waals surface area (Å²) in [5, 5.41) is 13.3. The first-order chi connectivity index (χ1) is 13.2. The molecule has 0 bridgehead atoms. The highest BCUT2D eigenvalue weighted by molar-refractivity contribution is 5.98. The number of halogens is 1. The molecule has 2 fully saturated rings. The van der Waals surface area contributed by atoms with Gasteiger partial charge in [-0.15, -0.1) is 0 Å². The van der Waals surface area contributed by atoms with E-state index in [2.05, 4.69) is 20.0 Å². The summed E-state index contributed by atoms with van der Waals surface area (Å²) in [5.41, 5.74) is 2.19. The molecular weight excluding hydrogens is 349 g/mol. The molecule has 2 saturated heterocycles. The molecule has 7 nitrogen and oxygen atoms in total. The van der Waals surface area contributed by atoms with Crippen LogP contribution in [0.25, 0.3) is 11.1 Å². The fraction of sp³-hybridized carbons (Fsp3) is 0.421. The Morgan fingerprint density at radius 1 is 1.19 bits per heavy atom. The summed E-state index contributed by atoms with van der Waals surface area (Å²) in [7, 11) is 0. The molecule has 27 heavy (non-hydrogen) atoms. The van der Waals surface area contributed by atoms with Crippen LogP contribution in [0.2, 0.25) is 0 Å². The fourth-order valence-electron chi connectivity index (χ4n) is 3.05. The van der Waals surface area contributed by atoms with E-state index >= 15 is 0 Å². The maximum absolute atomic E-state index is 14.3. The molecule has 4 rings (SSSR count). The number of hydrogen-bond acceptors (Lipinski definition) is 7. The van der Waals surface area contributed by atoms with Crippen molar-refractivity contribution in [1.82, 2.24) is 14.9 Å². The molecule has 0 aliphatic carbocycles. The number of hydrogen-bond donors (Lipinski definition) is 1. The van der Waals surface area contributed by atoms with Gasteiger partial charge in [0, 0.05) is 35.6 Å². The number of likely N-dealkylation sites (tertiary alicyclic amines) is 1. The molecule has 0 amide bonds. The van der Waals surface area contributed by atoms with Gasteiger partial charge in [0.15, 0.2) is 0 Å². The van der Waals surface area contributed by atoms with Crippen molar-refractivity contribution < 1.29 is 14.3 Å². The lowest BCUT2D eigenvalue weighted by molar-refractivity contribution is 0.0846. The molecule has 2 aliphatic heterocycles. The highest BCUT2D eigenvalue weighted by atomic mass is 19.1. The van der Waals surface area contributed by atoms with Crippen LogP contribution < -0.4 is 4.90 Å². The van der Waals surface area contributed by atoms with Crippen molar-refractivity contribution in [1.29, 1.82) is 0 Å². The quantitative estimate of drug-likeness (QED) is 0.590. The average Bonchev–Trinajstić information content (AvgIpc) is 2.62. The second-order valence-corrected chi connectivity index (χ2v) is 6.75. The first-order valence-corrected chi connectivity index (χ1v) is 9.10. The number of rotatable bonds is 7. The monoisotopic (exact) mass is 371 g/mol. The Labute approximate surface area is 157 Å². The molecule has 3 heterocycles. The van der Waals surface area contributed by atoms with Gasteiger partial charge in [0.25, 0.3) is 0 Å². The SMILES string of the molecule is OCc1cccc(-c2cnc(N3CC(=NOCCN4CCC4)C3)nc2)c1F. The number of aliphatic hydroxyl groups excluding tert-OH is 1. The zero-order valence-corrected chi connectivity index (χ0v) is 15.0. The summed E-state index contributed by atoms with van der Waals surface area (Å²) in [6.45, 7) is 4.81. The highest BCUT2D eigenvalue weighted by Gasteiger charge is 2.25. The summed E-state index contributed by atoms with van der Waals surface area (Å²) in [4.78, 5) is 18.3. The number of aromatic nitrogens is 2. The van der Waals surface area contributed by atoms with Gasteiger partial charge in [-0.1, -0.05) is 23.4 Å². The first kappa shape index (κ1) is 17.8. The molecule has 0 unspecified atom stereocenters. The number of oxime groups is 1. The molecule has 0 atom stereocenters. The molecule has 8 heteroatoms. The van der Waals surface area contributed by atoms with Crippen LogP contribution in [0, 0.1) is 5.82 Å². The summed E-state index contributed by atoms with van der Waals surface area (Å²) >= 11 is 0. The van der Waals surface area contributed by atoms with Crippen LogP contribution in [0.15, 0.2) is 35.7 Å². The molecule has 1 aromatic heterocycles. The Kier molecular flexibility index (Phi) is 5.26. The minimum absolute atomic E-state index is 0.259. The van der Waals surface area contributed by atoms with Gasteiger partial charge in [0.1, 0.15) is 12.4 Å². The molecule has 1 aromatic carbocycles. The van der Waals surface area contributed by atoms with E-state index in [0.29, 0.717) is 36.8 Å². The Bertz CT molecular complexity index is 815. The van der Waals surface area contributed by atoms with Crippen LogP contribution in [0.4, 0.5) is 10.3 Å². The number of nitrogens with zero attached hydrogens (tertiary/aromatic N) is 5. The minimum atomic E-state index is -0.440. The van der Waals surface area contributed by atoms with Gasteiger partial charge in [-0.3, -0.25) is 4.90 Å². The van der Waals surface area contributed by atoms with Gasteiger partial charge >= 0.3 is 0 Å².